The molecule has 1 amide bonds. The van der Waals surface area contributed by atoms with Crippen LogP contribution in [0.2, 0.25) is 0 Å². The van der Waals surface area contributed by atoms with Gasteiger partial charge in [-0.05, 0) is 42.0 Å². The highest BCUT2D eigenvalue weighted by molar-refractivity contribution is 5.95. The maximum atomic E-state index is 13.5. The number of ether oxygens (including phenoxy) is 2. The Morgan fingerprint density at radius 2 is 1.71 bits per heavy atom. The minimum Gasteiger partial charge on any atom is -0.454 e. The van der Waals surface area contributed by atoms with E-state index in [2.05, 4.69) is 4.98 Å². The third-order valence-electron chi connectivity index (χ3n) is 5.95. The number of rotatable bonds is 2. The summed E-state index contributed by atoms with van der Waals surface area (Å²) in [6.07, 6.45) is 0. The number of fused-ring (bicyclic) bond motifs is 3. The monoisotopic (exact) mass is 410 g/mol. The highest BCUT2D eigenvalue weighted by Crippen LogP contribution is 2.42. The molecule has 0 spiro atoms. The summed E-state index contributed by atoms with van der Waals surface area (Å²) >= 11 is 0. The van der Waals surface area contributed by atoms with Crippen molar-refractivity contribution in [3.05, 3.63) is 105 Å². The van der Waals surface area contributed by atoms with Gasteiger partial charge in [-0.15, -0.1) is 0 Å². The molecule has 1 unspecified atom stereocenters. The lowest BCUT2D eigenvalue weighted by Crippen LogP contribution is -2.30. The van der Waals surface area contributed by atoms with Gasteiger partial charge in [0.1, 0.15) is 0 Å². The van der Waals surface area contributed by atoms with Crippen LogP contribution in [0.3, 0.4) is 0 Å². The fourth-order valence-corrected chi connectivity index (χ4v) is 4.47. The minimum absolute atomic E-state index is 0.0431. The Morgan fingerprint density at radius 3 is 2.58 bits per heavy atom. The number of benzene rings is 3. The Kier molecular flexibility index (Phi) is 3.86. The van der Waals surface area contributed by atoms with Crippen molar-refractivity contribution in [2.75, 3.05) is 6.79 Å². The standard InChI is InChI=1S/C25H18N2O4/c28-24-17-8-4-5-9-19(17)26-22-18(24)13-27(25(29)15-6-2-1-3-7-15)23(22)16-10-11-20-21(12-16)31-14-30-20/h1-12,23H,13-14H2,(H,26,28). The van der Waals surface area contributed by atoms with Crippen LogP contribution in [0.4, 0.5) is 0 Å². The molecule has 0 bridgehead atoms. The van der Waals surface area contributed by atoms with Gasteiger partial charge in [0, 0.05) is 22.0 Å². The first-order valence-electron chi connectivity index (χ1n) is 10.1. The number of nitrogens with zero attached hydrogens (tertiary/aromatic N) is 1. The second-order valence-corrected chi connectivity index (χ2v) is 7.71. The van der Waals surface area contributed by atoms with Crippen molar-refractivity contribution >= 4 is 16.8 Å². The first-order valence-corrected chi connectivity index (χ1v) is 10.1. The number of para-hydroxylation sites is 1. The highest BCUT2D eigenvalue weighted by atomic mass is 16.7. The largest absolute Gasteiger partial charge is 0.454 e. The Labute approximate surface area is 177 Å². The summed E-state index contributed by atoms with van der Waals surface area (Å²) in [7, 11) is 0. The molecule has 0 saturated carbocycles. The van der Waals surface area contributed by atoms with Crippen molar-refractivity contribution < 1.29 is 14.3 Å². The number of H-pyrrole nitrogens is 1. The van der Waals surface area contributed by atoms with Crippen LogP contribution in [0.1, 0.15) is 33.2 Å². The summed E-state index contributed by atoms with van der Waals surface area (Å²) in [4.78, 5) is 32.0. The maximum Gasteiger partial charge on any atom is 0.254 e. The fourth-order valence-electron chi connectivity index (χ4n) is 4.47. The van der Waals surface area contributed by atoms with Crippen molar-refractivity contribution in [3.8, 4) is 11.5 Å². The van der Waals surface area contributed by atoms with E-state index in [1.54, 1.807) is 17.0 Å². The molecule has 1 aromatic heterocycles. The number of carbonyl (C=O) groups is 1. The lowest BCUT2D eigenvalue weighted by Gasteiger charge is -2.26. The van der Waals surface area contributed by atoms with E-state index in [1.807, 2.05) is 60.7 Å². The Hall–Kier alpha value is -4.06. The van der Waals surface area contributed by atoms with E-state index in [0.29, 0.717) is 28.0 Å². The molecular formula is C25H18N2O4. The highest BCUT2D eigenvalue weighted by Gasteiger charge is 2.38. The Balaban J connectivity index is 1.55. The smallest absolute Gasteiger partial charge is 0.254 e. The van der Waals surface area contributed by atoms with Gasteiger partial charge in [-0.25, -0.2) is 0 Å². The number of pyridine rings is 1. The zero-order valence-electron chi connectivity index (χ0n) is 16.5. The second-order valence-electron chi connectivity index (χ2n) is 7.71. The van der Waals surface area contributed by atoms with Crippen LogP contribution in [-0.4, -0.2) is 22.6 Å². The van der Waals surface area contributed by atoms with Crippen LogP contribution in [0, 0.1) is 0 Å². The molecule has 3 heterocycles. The van der Waals surface area contributed by atoms with Crippen LogP contribution in [0.15, 0.2) is 77.6 Å². The van der Waals surface area contributed by atoms with Gasteiger partial charge in [-0.1, -0.05) is 36.4 Å². The van der Waals surface area contributed by atoms with Crippen molar-refractivity contribution in [2.45, 2.75) is 12.6 Å². The van der Waals surface area contributed by atoms with Gasteiger partial charge in [0.25, 0.3) is 5.91 Å². The number of aromatic amines is 1. The molecule has 0 aliphatic carbocycles. The summed E-state index contributed by atoms with van der Waals surface area (Å²) < 4.78 is 11.0. The number of hydrogen-bond donors (Lipinski definition) is 1. The second kappa shape index (κ2) is 6.74. The van der Waals surface area contributed by atoms with E-state index >= 15 is 0 Å². The number of hydrogen-bond acceptors (Lipinski definition) is 4. The predicted molar refractivity (Wildman–Crippen MR) is 115 cm³/mol. The van der Waals surface area contributed by atoms with Gasteiger partial charge in [-0.2, -0.15) is 0 Å². The van der Waals surface area contributed by atoms with Crippen molar-refractivity contribution in [3.63, 3.8) is 0 Å². The van der Waals surface area contributed by atoms with E-state index in [4.69, 9.17) is 9.47 Å². The van der Waals surface area contributed by atoms with E-state index in [9.17, 15) is 9.59 Å². The summed E-state index contributed by atoms with van der Waals surface area (Å²) in [5, 5.41) is 0.625. The molecule has 1 N–H and O–H groups in total. The van der Waals surface area contributed by atoms with Crippen LogP contribution >= 0.6 is 0 Å². The fraction of sp³-hybridized carbons (Fsp3) is 0.120. The zero-order valence-corrected chi connectivity index (χ0v) is 16.5. The first-order chi connectivity index (χ1) is 15.2. The minimum atomic E-state index is -0.436. The van der Waals surface area contributed by atoms with Gasteiger partial charge >= 0.3 is 0 Å². The maximum absolute atomic E-state index is 13.5. The summed E-state index contributed by atoms with van der Waals surface area (Å²) in [6.45, 7) is 0.413. The molecule has 6 heteroatoms. The van der Waals surface area contributed by atoms with Gasteiger partial charge < -0.3 is 19.4 Å². The molecule has 6 rings (SSSR count). The van der Waals surface area contributed by atoms with Crippen LogP contribution < -0.4 is 14.9 Å². The number of nitrogens with one attached hydrogen (secondary N) is 1. The topological polar surface area (TPSA) is 71.6 Å². The average molecular weight is 410 g/mol. The molecule has 6 nitrogen and oxygen atoms in total. The van der Waals surface area contributed by atoms with Crippen LogP contribution in [0.5, 0.6) is 11.5 Å². The van der Waals surface area contributed by atoms with E-state index in [-0.39, 0.29) is 24.7 Å². The molecule has 2 aliphatic heterocycles. The van der Waals surface area contributed by atoms with Crippen LogP contribution in [-0.2, 0) is 6.54 Å². The molecule has 0 radical (unpaired) electrons. The summed E-state index contributed by atoms with van der Waals surface area (Å²) in [6, 6.07) is 21.8. The molecule has 152 valence electrons. The zero-order chi connectivity index (χ0) is 20.9. The number of carbonyl (C=O) groups excluding carboxylic acids is 1. The molecule has 0 saturated heterocycles. The van der Waals surface area contributed by atoms with E-state index in [1.165, 1.54) is 0 Å². The molecule has 3 aromatic carbocycles. The van der Waals surface area contributed by atoms with Crippen molar-refractivity contribution in [1.82, 2.24) is 9.88 Å². The van der Waals surface area contributed by atoms with Gasteiger partial charge in [0.05, 0.1) is 18.3 Å². The molecule has 4 aromatic rings. The molecule has 1 atom stereocenters. The van der Waals surface area contributed by atoms with Gasteiger partial charge in [-0.3, -0.25) is 9.59 Å². The lowest BCUT2D eigenvalue weighted by atomic mass is 10.00. The van der Waals surface area contributed by atoms with E-state index in [0.717, 1.165) is 16.8 Å². The Bertz CT molecular complexity index is 1390. The molecule has 31 heavy (non-hydrogen) atoms. The van der Waals surface area contributed by atoms with Crippen molar-refractivity contribution in [2.24, 2.45) is 0 Å². The lowest BCUT2D eigenvalue weighted by molar-refractivity contribution is 0.0717. The normalized spacial score (nSPS) is 16.5. The van der Waals surface area contributed by atoms with Gasteiger partial charge in [0.2, 0.25) is 6.79 Å². The quantitative estimate of drug-likeness (QED) is 0.542. The summed E-state index contributed by atoms with van der Waals surface area (Å²) in [5.74, 6) is 1.19. The van der Waals surface area contributed by atoms with Crippen LogP contribution in [0.25, 0.3) is 10.9 Å². The molecule has 2 aliphatic rings. The Morgan fingerprint density at radius 1 is 0.935 bits per heavy atom. The van der Waals surface area contributed by atoms with E-state index < -0.39 is 6.04 Å². The molecular weight excluding hydrogens is 392 g/mol. The SMILES string of the molecule is O=C(c1ccccc1)N1Cc2c([nH]c3ccccc3c2=O)C1c1ccc2c(c1)OCO2. The third-order valence-corrected chi connectivity index (χ3v) is 5.95. The predicted octanol–water partition coefficient (Wildman–Crippen LogP) is 4.00. The average Bonchev–Trinajstić information content (AvgIpc) is 3.43. The number of amides is 1. The first kappa shape index (κ1) is 17.8. The van der Waals surface area contributed by atoms with Crippen molar-refractivity contribution in [1.29, 1.82) is 0 Å². The number of aromatic nitrogens is 1. The third kappa shape index (κ3) is 2.72. The molecule has 0 fully saturated rings. The van der Waals surface area contributed by atoms with Gasteiger partial charge in [0.15, 0.2) is 16.9 Å². The summed E-state index contributed by atoms with van der Waals surface area (Å²) in [5.41, 5.74) is 3.51.